The van der Waals surface area contributed by atoms with Crippen molar-refractivity contribution < 1.29 is 0 Å². The monoisotopic (exact) mass is 284 g/mol. The fraction of sp³-hybridized carbons (Fsp3) is 0.364. The minimum Gasteiger partial charge on any atom is -0.325 e. The van der Waals surface area contributed by atoms with Gasteiger partial charge in [0.15, 0.2) is 0 Å². The molecule has 1 aromatic rings. The smallest absolute Gasteiger partial charge is 0.210 e. The molecule has 0 aliphatic rings. The number of hydrogen-bond acceptors (Lipinski definition) is 2. The zero-order chi connectivity index (χ0) is 12.0. The number of benzene rings is 1. The van der Waals surface area contributed by atoms with Crippen molar-refractivity contribution in [3.05, 3.63) is 28.2 Å². The molecule has 0 unspecified atom stereocenters. The lowest BCUT2D eigenvalue weighted by atomic mass is 10.2. The summed E-state index contributed by atoms with van der Waals surface area (Å²) < 4.78 is 1.06. The first-order valence-electron chi connectivity index (χ1n) is 5.21. The molecule has 0 radical (unpaired) electrons. The number of aliphatic imine (C=N–C) groups is 1. The maximum absolute atomic E-state index is 5.37. The Kier molecular flexibility index (Phi) is 5.28. The molecule has 88 valence electrons. The van der Waals surface area contributed by atoms with E-state index in [-0.39, 0.29) is 0 Å². The van der Waals surface area contributed by atoms with Crippen LogP contribution in [0, 0.1) is 6.92 Å². The fourth-order valence-electron chi connectivity index (χ4n) is 1.15. The number of rotatable bonds is 3. The Morgan fingerprint density at radius 1 is 1.50 bits per heavy atom. The van der Waals surface area contributed by atoms with Gasteiger partial charge in [-0.05, 0) is 31.0 Å². The van der Waals surface area contributed by atoms with Crippen molar-refractivity contribution in [3.63, 3.8) is 0 Å². The SMILES string of the molecule is CCCN=C(NN)Nc1ccc(C)c(Br)c1. The van der Waals surface area contributed by atoms with Gasteiger partial charge in [-0.2, -0.15) is 0 Å². The summed E-state index contributed by atoms with van der Waals surface area (Å²) in [6.07, 6.45) is 0.991. The molecule has 0 atom stereocenters. The van der Waals surface area contributed by atoms with Gasteiger partial charge in [0.25, 0.3) is 0 Å². The van der Waals surface area contributed by atoms with Crippen molar-refractivity contribution in [2.75, 3.05) is 11.9 Å². The van der Waals surface area contributed by atoms with Crippen LogP contribution in [0.2, 0.25) is 0 Å². The molecular formula is C11H17BrN4. The van der Waals surface area contributed by atoms with Gasteiger partial charge in [-0.1, -0.05) is 28.9 Å². The average molecular weight is 285 g/mol. The van der Waals surface area contributed by atoms with E-state index in [0.717, 1.165) is 23.1 Å². The molecule has 0 aliphatic carbocycles. The number of nitrogens with one attached hydrogen (secondary N) is 2. The van der Waals surface area contributed by atoms with Gasteiger partial charge in [0.1, 0.15) is 0 Å². The number of hydrazine groups is 1. The number of aryl methyl sites for hydroxylation is 1. The van der Waals surface area contributed by atoms with Crippen molar-refractivity contribution in [1.29, 1.82) is 0 Å². The lowest BCUT2D eigenvalue weighted by Gasteiger charge is -2.10. The summed E-state index contributed by atoms with van der Waals surface area (Å²) in [7, 11) is 0. The molecular weight excluding hydrogens is 268 g/mol. The minimum absolute atomic E-state index is 0.581. The van der Waals surface area contributed by atoms with Crippen molar-refractivity contribution in [2.24, 2.45) is 10.8 Å². The topological polar surface area (TPSA) is 62.4 Å². The third-order valence-corrected chi connectivity index (χ3v) is 2.92. The van der Waals surface area contributed by atoms with Crippen LogP contribution in [0.1, 0.15) is 18.9 Å². The third-order valence-electron chi connectivity index (χ3n) is 2.06. The summed E-state index contributed by atoms with van der Waals surface area (Å²) in [4.78, 5) is 4.26. The molecule has 4 nitrogen and oxygen atoms in total. The standard InChI is InChI=1S/C11H17BrN4/c1-3-6-14-11(16-13)15-9-5-4-8(2)10(12)7-9/h4-5,7H,3,6,13H2,1-2H3,(H2,14,15,16). The normalized spacial score (nSPS) is 11.4. The number of halogens is 1. The van der Waals surface area contributed by atoms with Crippen LogP contribution in [0.4, 0.5) is 5.69 Å². The Morgan fingerprint density at radius 3 is 2.81 bits per heavy atom. The summed E-state index contributed by atoms with van der Waals surface area (Å²) in [5, 5.41) is 3.12. The molecule has 16 heavy (non-hydrogen) atoms. The Balaban J connectivity index is 2.74. The van der Waals surface area contributed by atoms with Crippen LogP contribution in [0.5, 0.6) is 0 Å². The van der Waals surface area contributed by atoms with Crippen LogP contribution < -0.4 is 16.6 Å². The molecule has 0 saturated heterocycles. The maximum Gasteiger partial charge on any atom is 0.210 e. The largest absolute Gasteiger partial charge is 0.325 e. The predicted octanol–water partition coefficient (Wildman–Crippen LogP) is 2.40. The summed E-state index contributed by atoms with van der Waals surface area (Å²) in [5.41, 5.74) is 4.69. The van der Waals surface area contributed by atoms with E-state index < -0.39 is 0 Å². The zero-order valence-electron chi connectivity index (χ0n) is 9.55. The maximum atomic E-state index is 5.37. The van der Waals surface area contributed by atoms with E-state index >= 15 is 0 Å². The number of hydrogen-bond donors (Lipinski definition) is 3. The number of anilines is 1. The molecule has 0 spiro atoms. The summed E-state index contributed by atoms with van der Waals surface area (Å²) >= 11 is 3.48. The van der Waals surface area contributed by atoms with E-state index in [9.17, 15) is 0 Å². The van der Waals surface area contributed by atoms with Gasteiger partial charge < -0.3 is 5.32 Å². The van der Waals surface area contributed by atoms with E-state index in [2.05, 4.69) is 38.6 Å². The summed E-state index contributed by atoms with van der Waals surface area (Å²) in [5.74, 6) is 5.96. The molecule has 4 N–H and O–H groups in total. The van der Waals surface area contributed by atoms with Gasteiger partial charge in [0.2, 0.25) is 5.96 Å². The number of nitrogens with zero attached hydrogens (tertiary/aromatic N) is 1. The van der Waals surface area contributed by atoms with Gasteiger partial charge in [0, 0.05) is 16.7 Å². The van der Waals surface area contributed by atoms with Gasteiger partial charge >= 0.3 is 0 Å². The molecule has 0 aliphatic heterocycles. The lowest BCUT2D eigenvalue weighted by Crippen LogP contribution is -2.36. The molecule has 0 saturated carbocycles. The average Bonchev–Trinajstić information content (AvgIpc) is 2.29. The molecule has 0 heterocycles. The highest BCUT2D eigenvalue weighted by atomic mass is 79.9. The van der Waals surface area contributed by atoms with Gasteiger partial charge in [-0.25, -0.2) is 5.84 Å². The van der Waals surface area contributed by atoms with Crippen molar-refractivity contribution >= 4 is 27.6 Å². The Morgan fingerprint density at radius 2 is 2.25 bits per heavy atom. The third kappa shape index (κ3) is 3.83. The lowest BCUT2D eigenvalue weighted by molar-refractivity contribution is 0.905. The molecule has 5 heteroatoms. The first kappa shape index (κ1) is 13.0. The molecule has 0 bridgehead atoms. The van der Waals surface area contributed by atoms with Crippen LogP contribution in [0.15, 0.2) is 27.7 Å². The molecule has 1 aromatic carbocycles. The Bertz CT molecular complexity index is 376. The van der Waals surface area contributed by atoms with Crippen molar-refractivity contribution in [1.82, 2.24) is 5.43 Å². The van der Waals surface area contributed by atoms with E-state index in [1.807, 2.05) is 25.1 Å². The summed E-state index contributed by atoms with van der Waals surface area (Å²) in [6.45, 7) is 4.86. The van der Waals surface area contributed by atoms with Crippen molar-refractivity contribution in [2.45, 2.75) is 20.3 Å². The van der Waals surface area contributed by atoms with Crippen LogP contribution in [-0.4, -0.2) is 12.5 Å². The second-order valence-electron chi connectivity index (χ2n) is 3.46. The zero-order valence-corrected chi connectivity index (χ0v) is 11.1. The second kappa shape index (κ2) is 6.50. The minimum atomic E-state index is 0.581. The quantitative estimate of drug-likeness (QED) is 0.346. The van der Waals surface area contributed by atoms with Crippen LogP contribution >= 0.6 is 15.9 Å². The Hall–Kier alpha value is -1.07. The number of guanidine groups is 1. The van der Waals surface area contributed by atoms with E-state index in [1.54, 1.807) is 0 Å². The van der Waals surface area contributed by atoms with Gasteiger partial charge in [-0.15, -0.1) is 0 Å². The van der Waals surface area contributed by atoms with E-state index in [1.165, 1.54) is 5.56 Å². The highest BCUT2D eigenvalue weighted by Gasteiger charge is 2.00. The first-order chi connectivity index (χ1) is 7.67. The second-order valence-corrected chi connectivity index (χ2v) is 4.32. The van der Waals surface area contributed by atoms with Crippen molar-refractivity contribution in [3.8, 4) is 0 Å². The highest BCUT2D eigenvalue weighted by Crippen LogP contribution is 2.20. The molecule has 1 rings (SSSR count). The highest BCUT2D eigenvalue weighted by molar-refractivity contribution is 9.10. The Labute approximate surface area is 104 Å². The molecule has 0 fully saturated rings. The van der Waals surface area contributed by atoms with E-state index in [4.69, 9.17) is 5.84 Å². The van der Waals surface area contributed by atoms with Crippen LogP contribution in [-0.2, 0) is 0 Å². The van der Waals surface area contributed by atoms with Crippen LogP contribution in [0.25, 0.3) is 0 Å². The van der Waals surface area contributed by atoms with Crippen LogP contribution in [0.3, 0.4) is 0 Å². The van der Waals surface area contributed by atoms with E-state index in [0.29, 0.717) is 5.96 Å². The molecule has 0 amide bonds. The summed E-state index contributed by atoms with van der Waals surface area (Å²) in [6, 6.07) is 6.01. The molecule has 0 aromatic heterocycles. The first-order valence-corrected chi connectivity index (χ1v) is 6.01. The number of nitrogens with two attached hydrogens (primary N) is 1. The predicted molar refractivity (Wildman–Crippen MR) is 72.4 cm³/mol. The fourth-order valence-corrected chi connectivity index (χ4v) is 1.53. The van der Waals surface area contributed by atoms with Gasteiger partial charge in [0.05, 0.1) is 0 Å². The van der Waals surface area contributed by atoms with Gasteiger partial charge in [-0.3, -0.25) is 10.4 Å².